The van der Waals surface area contributed by atoms with Gasteiger partial charge in [-0.2, -0.15) is 5.10 Å². The topological polar surface area (TPSA) is 92.9 Å². The van der Waals surface area contributed by atoms with E-state index in [2.05, 4.69) is 27.4 Å². The number of rotatable bonds is 7. The van der Waals surface area contributed by atoms with Crippen LogP contribution in [-0.4, -0.2) is 83.9 Å². The van der Waals surface area contributed by atoms with E-state index in [9.17, 15) is 9.90 Å². The number of carbonyl (C=O) groups is 1. The zero-order valence-electron chi connectivity index (χ0n) is 20.1. The van der Waals surface area contributed by atoms with Crippen LogP contribution in [-0.2, 0) is 4.79 Å². The number of piperazine rings is 1. The van der Waals surface area contributed by atoms with E-state index < -0.39 is 5.97 Å². The number of amidine groups is 1. The lowest BCUT2D eigenvalue weighted by molar-refractivity contribution is -0.129. The first-order valence-electron chi connectivity index (χ1n) is 11.9. The highest BCUT2D eigenvalue weighted by molar-refractivity contribution is 6.35. The molecular formula is C26H31ClN6O2. The minimum atomic E-state index is -1.03. The largest absolute Gasteiger partial charge is 0.477 e. The Balaban J connectivity index is 1.51. The van der Waals surface area contributed by atoms with E-state index in [0.717, 1.165) is 56.0 Å². The van der Waals surface area contributed by atoms with Gasteiger partial charge >= 0.3 is 5.97 Å². The molecule has 0 aromatic heterocycles. The first-order chi connectivity index (χ1) is 16.9. The number of hydrazone groups is 1. The smallest absolute Gasteiger partial charge is 0.352 e. The van der Waals surface area contributed by atoms with Gasteiger partial charge in [-0.3, -0.25) is 10.4 Å². The summed E-state index contributed by atoms with van der Waals surface area (Å²) in [5.74, 6) is -0.546. The van der Waals surface area contributed by atoms with Crippen molar-refractivity contribution in [3.05, 3.63) is 64.7 Å². The van der Waals surface area contributed by atoms with E-state index in [0.29, 0.717) is 23.0 Å². The molecule has 4 rings (SSSR count). The van der Waals surface area contributed by atoms with Gasteiger partial charge < -0.3 is 14.9 Å². The number of hydrogen-bond donors (Lipinski definition) is 2. The molecule has 1 saturated heterocycles. The van der Waals surface area contributed by atoms with Crippen molar-refractivity contribution in [3.8, 4) is 0 Å². The molecule has 8 nitrogen and oxygen atoms in total. The Hall–Kier alpha value is -3.07. The molecule has 35 heavy (non-hydrogen) atoms. The van der Waals surface area contributed by atoms with Gasteiger partial charge in [-0.1, -0.05) is 41.9 Å². The van der Waals surface area contributed by atoms with Crippen LogP contribution in [0.4, 0.5) is 5.69 Å². The van der Waals surface area contributed by atoms with Crippen molar-refractivity contribution >= 4 is 40.5 Å². The van der Waals surface area contributed by atoms with E-state index in [4.69, 9.17) is 21.6 Å². The van der Waals surface area contributed by atoms with Gasteiger partial charge in [0.15, 0.2) is 0 Å². The molecule has 1 atom stereocenters. The fourth-order valence-corrected chi connectivity index (χ4v) is 4.34. The molecule has 0 radical (unpaired) electrons. The highest BCUT2D eigenvalue weighted by atomic mass is 35.5. The first-order valence-corrected chi connectivity index (χ1v) is 12.3. The second-order valence-corrected chi connectivity index (χ2v) is 9.34. The molecule has 2 aromatic rings. The lowest BCUT2D eigenvalue weighted by Gasteiger charge is -2.32. The van der Waals surface area contributed by atoms with Gasteiger partial charge in [-0.05, 0) is 45.1 Å². The summed E-state index contributed by atoms with van der Waals surface area (Å²) < 4.78 is 0. The average molecular weight is 495 g/mol. The minimum Gasteiger partial charge on any atom is -0.477 e. The van der Waals surface area contributed by atoms with Crippen LogP contribution >= 0.6 is 11.6 Å². The zero-order chi connectivity index (χ0) is 24.8. The Morgan fingerprint density at radius 1 is 1.17 bits per heavy atom. The van der Waals surface area contributed by atoms with Crippen LogP contribution in [0.25, 0.3) is 0 Å². The van der Waals surface area contributed by atoms with Crippen molar-refractivity contribution in [1.82, 2.24) is 15.2 Å². The first kappa shape index (κ1) is 25.0. The monoisotopic (exact) mass is 494 g/mol. The molecule has 2 N–H and O–H groups in total. The van der Waals surface area contributed by atoms with E-state index in [1.165, 1.54) is 0 Å². The Labute approximate surface area is 211 Å². The van der Waals surface area contributed by atoms with Gasteiger partial charge in [-0.25, -0.2) is 9.79 Å². The standard InChI is InChI=1S/C26H31ClN6O2/c1-18-25(31-30-23(26(34)35)9-6-12-33-15-13-32(2)14-16-33)29-22-11-10-20(27)17-21(22)24(28-18)19-7-4-3-5-8-19/h3-5,7-8,10-11,17-18H,6,9,12-16H2,1-2H3,(H,29,31)(H,34,35). The van der Waals surface area contributed by atoms with E-state index in [-0.39, 0.29) is 11.8 Å². The molecule has 9 heteroatoms. The highest BCUT2D eigenvalue weighted by Gasteiger charge is 2.22. The molecule has 2 aliphatic heterocycles. The summed E-state index contributed by atoms with van der Waals surface area (Å²) in [6, 6.07) is 15.0. The SMILES string of the molecule is CC1N=C(c2ccccc2)c2cc(Cl)ccc2N=C1NN=C(CCCN1CCN(C)CC1)C(=O)O. The molecule has 2 aromatic carbocycles. The van der Waals surface area contributed by atoms with Crippen molar-refractivity contribution in [2.75, 3.05) is 39.8 Å². The van der Waals surface area contributed by atoms with Crippen LogP contribution in [0.2, 0.25) is 5.02 Å². The lowest BCUT2D eigenvalue weighted by Crippen LogP contribution is -2.44. The van der Waals surface area contributed by atoms with Crippen LogP contribution < -0.4 is 5.43 Å². The summed E-state index contributed by atoms with van der Waals surface area (Å²) in [6.45, 7) is 6.86. The fourth-order valence-electron chi connectivity index (χ4n) is 4.16. The van der Waals surface area contributed by atoms with Crippen molar-refractivity contribution < 1.29 is 9.90 Å². The predicted octanol–water partition coefficient (Wildman–Crippen LogP) is 3.67. The highest BCUT2D eigenvalue weighted by Crippen LogP contribution is 2.29. The second-order valence-electron chi connectivity index (χ2n) is 8.90. The molecule has 2 aliphatic rings. The minimum absolute atomic E-state index is 0.0851. The normalized spacial score (nSPS) is 19.4. The van der Waals surface area contributed by atoms with E-state index >= 15 is 0 Å². The third-order valence-electron chi connectivity index (χ3n) is 6.26. The Kier molecular flexibility index (Phi) is 8.28. The summed E-state index contributed by atoms with van der Waals surface area (Å²) in [7, 11) is 2.12. The van der Waals surface area contributed by atoms with E-state index in [1.807, 2.05) is 49.4 Å². The molecule has 184 valence electrons. The Morgan fingerprint density at radius 3 is 2.63 bits per heavy atom. The Morgan fingerprint density at radius 2 is 1.91 bits per heavy atom. The maximum Gasteiger partial charge on any atom is 0.352 e. The van der Waals surface area contributed by atoms with Crippen molar-refractivity contribution in [3.63, 3.8) is 0 Å². The molecule has 0 bridgehead atoms. The summed E-state index contributed by atoms with van der Waals surface area (Å²) in [6.07, 6.45) is 1.11. The van der Waals surface area contributed by atoms with Crippen molar-refractivity contribution in [2.45, 2.75) is 25.8 Å². The summed E-state index contributed by atoms with van der Waals surface area (Å²) in [5, 5.41) is 14.5. The van der Waals surface area contributed by atoms with Crippen molar-refractivity contribution in [1.29, 1.82) is 0 Å². The molecule has 0 saturated carbocycles. The van der Waals surface area contributed by atoms with Crippen LogP contribution in [0.5, 0.6) is 0 Å². The van der Waals surface area contributed by atoms with Crippen LogP contribution in [0.3, 0.4) is 0 Å². The summed E-state index contributed by atoms with van der Waals surface area (Å²) >= 11 is 6.29. The van der Waals surface area contributed by atoms with Crippen LogP contribution in [0.1, 0.15) is 30.9 Å². The number of hydrogen-bond acceptors (Lipinski definition) is 7. The quantitative estimate of drug-likeness (QED) is 0.452. The molecule has 2 heterocycles. The summed E-state index contributed by atoms with van der Waals surface area (Å²) in [5.41, 5.74) is 6.26. The number of carboxylic acids is 1. The predicted molar refractivity (Wildman–Crippen MR) is 141 cm³/mol. The van der Waals surface area contributed by atoms with Gasteiger partial charge in [0.05, 0.1) is 11.4 Å². The maximum absolute atomic E-state index is 11.8. The maximum atomic E-state index is 11.8. The molecule has 0 aliphatic carbocycles. The van der Waals surface area contributed by atoms with Gasteiger partial charge in [0.2, 0.25) is 0 Å². The molecular weight excluding hydrogens is 464 g/mol. The number of benzene rings is 2. The molecule has 0 amide bonds. The second kappa shape index (κ2) is 11.6. The van der Waals surface area contributed by atoms with Crippen LogP contribution in [0.15, 0.2) is 63.6 Å². The average Bonchev–Trinajstić information content (AvgIpc) is 2.99. The fraction of sp³-hybridized carbons (Fsp3) is 0.385. The third-order valence-corrected chi connectivity index (χ3v) is 6.49. The van der Waals surface area contributed by atoms with Gasteiger partial charge in [0, 0.05) is 48.7 Å². The van der Waals surface area contributed by atoms with Crippen LogP contribution in [0, 0.1) is 0 Å². The molecule has 0 spiro atoms. The van der Waals surface area contributed by atoms with Crippen molar-refractivity contribution in [2.24, 2.45) is 15.1 Å². The third kappa shape index (κ3) is 6.54. The molecule has 1 fully saturated rings. The summed E-state index contributed by atoms with van der Waals surface area (Å²) in [4.78, 5) is 26.2. The Bertz CT molecular complexity index is 1140. The number of carboxylic acid groups (broad SMARTS) is 1. The number of likely N-dealkylation sites (N-methyl/N-ethyl adjacent to an activating group) is 1. The number of halogens is 1. The van der Waals surface area contributed by atoms with E-state index in [1.54, 1.807) is 6.07 Å². The number of aliphatic imine (C=N–C) groups is 2. The van der Waals surface area contributed by atoms with Gasteiger partial charge in [0.1, 0.15) is 17.6 Å². The number of fused-ring (bicyclic) bond motifs is 1. The number of aliphatic carboxylic acids is 1. The zero-order valence-corrected chi connectivity index (χ0v) is 20.9. The molecule has 1 unspecified atom stereocenters. The van der Waals surface area contributed by atoms with Gasteiger partial charge in [-0.15, -0.1) is 0 Å². The van der Waals surface area contributed by atoms with Gasteiger partial charge in [0.25, 0.3) is 0 Å². The lowest BCUT2D eigenvalue weighted by atomic mass is 10.0. The number of nitrogens with one attached hydrogen (secondary N) is 1. The number of nitrogens with zero attached hydrogens (tertiary/aromatic N) is 5.